The Hall–Kier alpha value is -0.290. The molecule has 0 unspecified atom stereocenters. The third kappa shape index (κ3) is 1.95. The topological polar surface area (TPSA) is 145 Å². The van der Waals surface area contributed by atoms with Gasteiger partial charge in [0.15, 0.2) is 6.10 Å². The minimum absolute atomic E-state index is 0.608. The first-order chi connectivity index (χ1) is 7.15. The van der Waals surface area contributed by atoms with Crippen LogP contribution in [-0.4, -0.2) is 76.3 Å². The summed E-state index contributed by atoms with van der Waals surface area (Å²) in [6, 6.07) is 0. The van der Waals surface area contributed by atoms with E-state index in [9.17, 15) is 28.8 Å². The van der Waals surface area contributed by atoms with Crippen molar-refractivity contribution >= 4 is 9.84 Å². The summed E-state index contributed by atoms with van der Waals surface area (Å²) < 4.78 is 26.9. The molecule has 96 valence electrons. The highest BCUT2D eigenvalue weighted by atomic mass is 32.2. The zero-order chi connectivity index (χ0) is 12.7. The van der Waals surface area contributed by atoms with Crippen LogP contribution in [0.4, 0.5) is 0 Å². The number of hydrogen-bond donors (Lipinski definition) is 5. The van der Waals surface area contributed by atoms with Crippen molar-refractivity contribution in [1.29, 1.82) is 0 Å². The molecular formula is C7H14O8S. The number of ether oxygens (including phenoxy) is 1. The van der Waals surface area contributed by atoms with Crippen LogP contribution in [0.25, 0.3) is 0 Å². The van der Waals surface area contributed by atoms with E-state index in [0.717, 1.165) is 0 Å². The van der Waals surface area contributed by atoms with Gasteiger partial charge in [0, 0.05) is 6.26 Å². The summed E-state index contributed by atoms with van der Waals surface area (Å²) in [6.07, 6.45) is -6.52. The van der Waals surface area contributed by atoms with Gasteiger partial charge in [-0.25, -0.2) is 8.42 Å². The summed E-state index contributed by atoms with van der Waals surface area (Å²) in [5, 5.41) is 43.2. The molecule has 0 radical (unpaired) electrons. The van der Waals surface area contributed by atoms with Crippen LogP contribution in [-0.2, 0) is 14.6 Å². The first-order valence-electron chi connectivity index (χ1n) is 4.40. The number of aliphatic hydroxyl groups is 5. The van der Waals surface area contributed by atoms with E-state index in [-0.39, 0.29) is 0 Å². The van der Waals surface area contributed by atoms with Crippen LogP contribution in [0, 0.1) is 0 Å². The van der Waals surface area contributed by atoms with Gasteiger partial charge in [0.05, 0.1) is 6.61 Å². The molecule has 0 spiro atoms. The predicted molar refractivity (Wildman–Crippen MR) is 49.8 cm³/mol. The zero-order valence-corrected chi connectivity index (χ0v) is 9.20. The second kappa shape index (κ2) is 4.18. The van der Waals surface area contributed by atoms with E-state index in [1.54, 1.807) is 0 Å². The highest BCUT2D eigenvalue weighted by Gasteiger charge is 2.61. The van der Waals surface area contributed by atoms with E-state index < -0.39 is 46.0 Å². The standard InChI is InChI=1S/C7H14O8S/c1-16(13,14)7(12)6(11)4(10)5(15-7)3(9)2-8/h3-6,8-12H,2H2,1H3/t3-,4+,5-,6-,7-/m0/s1. The van der Waals surface area contributed by atoms with E-state index in [1.165, 1.54) is 0 Å². The summed E-state index contributed by atoms with van der Waals surface area (Å²) in [6.45, 7) is -0.811. The van der Waals surface area contributed by atoms with Gasteiger partial charge in [-0.05, 0) is 0 Å². The summed E-state index contributed by atoms with van der Waals surface area (Å²) in [4.78, 5) is 0. The van der Waals surface area contributed by atoms with Crippen molar-refractivity contribution in [2.75, 3.05) is 12.9 Å². The molecule has 1 heterocycles. The largest absolute Gasteiger partial charge is 0.394 e. The number of hydrogen-bond acceptors (Lipinski definition) is 8. The molecule has 1 saturated heterocycles. The molecule has 0 bridgehead atoms. The number of rotatable bonds is 3. The molecule has 0 saturated carbocycles. The third-order valence-electron chi connectivity index (χ3n) is 2.44. The quantitative estimate of drug-likeness (QED) is 0.346. The van der Waals surface area contributed by atoms with Gasteiger partial charge in [-0.3, -0.25) is 0 Å². The SMILES string of the molecule is CS(=O)(=O)[C@@]1(O)O[C@@H]([C@@H](O)CO)[C@@H](O)[C@@H]1O. The van der Waals surface area contributed by atoms with Crippen LogP contribution in [0.1, 0.15) is 0 Å². The van der Waals surface area contributed by atoms with Crippen LogP contribution in [0.3, 0.4) is 0 Å². The summed E-state index contributed by atoms with van der Waals surface area (Å²) >= 11 is 0. The normalized spacial score (nSPS) is 42.2. The fraction of sp³-hybridized carbons (Fsp3) is 1.00. The van der Waals surface area contributed by atoms with Crippen LogP contribution < -0.4 is 0 Å². The minimum Gasteiger partial charge on any atom is -0.394 e. The van der Waals surface area contributed by atoms with Gasteiger partial charge < -0.3 is 30.3 Å². The molecule has 1 aliphatic heterocycles. The van der Waals surface area contributed by atoms with Crippen molar-refractivity contribution in [1.82, 2.24) is 0 Å². The molecule has 5 atom stereocenters. The lowest BCUT2D eigenvalue weighted by molar-refractivity contribution is -0.181. The van der Waals surface area contributed by atoms with E-state index in [1.807, 2.05) is 0 Å². The molecule has 9 heteroatoms. The van der Waals surface area contributed by atoms with Crippen LogP contribution in [0.2, 0.25) is 0 Å². The lowest BCUT2D eigenvalue weighted by Crippen LogP contribution is -2.49. The van der Waals surface area contributed by atoms with Gasteiger partial charge in [0.2, 0.25) is 9.84 Å². The Balaban J connectivity index is 3.05. The molecule has 0 aromatic carbocycles. The van der Waals surface area contributed by atoms with Gasteiger partial charge in [0.1, 0.15) is 18.3 Å². The molecule has 0 aromatic rings. The summed E-state index contributed by atoms with van der Waals surface area (Å²) in [5.41, 5.74) is 0. The molecule has 16 heavy (non-hydrogen) atoms. The molecule has 0 aromatic heterocycles. The molecule has 0 aliphatic carbocycles. The first kappa shape index (κ1) is 13.8. The van der Waals surface area contributed by atoms with Gasteiger partial charge in [-0.15, -0.1) is 0 Å². The molecule has 5 N–H and O–H groups in total. The highest BCUT2D eigenvalue weighted by molar-refractivity contribution is 7.91. The molecular weight excluding hydrogens is 244 g/mol. The van der Waals surface area contributed by atoms with E-state index >= 15 is 0 Å². The maximum absolute atomic E-state index is 11.2. The Morgan fingerprint density at radius 3 is 2.25 bits per heavy atom. The predicted octanol–water partition coefficient (Wildman–Crippen LogP) is -3.85. The van der Waals surface area contributed by atoms with Crippen molar-refractivity contribution in [3.05, 3.63) is 0 Å². The van der Waals surface area contributed by atoms with E-state index in [2.05, 4.69) is 4.74 Å². The van der Waals surface area contributed by atoms with E-state index in [4.69, 9.17) is 5.11 Å². The van der Waals surface area contributed by atoms with Gasteiger partial charge in [-0.2, -0.15) is 0 Å². The van der Waals surface area contributed by atoms with Crippen molar-refractivity contribution in [3.8, 4) is 0 Å². The molecule has 8 nitrogen and oxygen atoms in total. The van der Waals surface area contributed by atoms with Crippen molar-refractivity contribution in [2.45, 2.75) is 29.5 Å². The minimum atomic E-state index is -4.23. The van der Waals surface area contributed by atoms with Crippen molar-refractivity contribution in [2.24, 2.45) is 0 Å². The Morgan fingerprint density at radius 1 is 1.44 bits per heavy atom. The Labute approximate surface area is 91.6 Å². The third-order valence-corrected chi connectivity index (χ3v) is 3.84. The summed E-state index contributed by atoms with van der Waals surface area (Å²) in [7, 11) is -4.23. The fourth-order valence-electron chi connectivity index (χ4n) is 1.45. The first-order valence-corrected chi connectivity index (χ1v) is 6.29. The van der Waals surface area contributed by atoms with Crippen molar-refractivity contribution < 1.29 is 38.7 Å². The molecule has 1 fully saturated rings. The summed E-state index contributed by atoms with van der Waals surface area (Å²) in [5.74, 6) is 0. The Bertz CT molecular complexity index is 353. The maximum atomic E-state index is 11.2. The molecule has 1 aliphatic rings. The maximum Gasteiger partial charge on any atom is 0.301 e. The zero-order valence-electron chi connectivity index (χ0n) is 8.39. The molecule has 1 rings (SSSR count). The van der Waals surface area contributed by atoms with Gasteiger partial charge >= 0.3 is 5.12 Å². The fourth-order valence-corrected chi connectivity index (χ4v) is 2.31. The van der Waals surface area contributed by atoms with Gasteiger partial charge in [0.25, 0.3) is 0 Å². The average molecular weight is 258 g/mol. The number of sulfone groups is 1. The Kier molecular flexibility index (Phi) is 3.60. The lowest BCUT2D eigenvalue weighted by atomic mass is 10.1. The highest BCUT2D eigenvalue weighted by Crippen LogP contribution is 2.34. The lowest BCUT2D eigenvalue weighted by Gasteiger charge is -2.23. The van der Waals surface area contributed by atoms with Crippen LogP contribution in [0.5, 0.6) is 0 Å². The van der Waals surface area contributed by atoms with Crippen LogP contribution >= 0.6 is 0 Å². The monoisotopic (exact) mass is 258 g/mol. The van der Waals surface area contributed by atoms with Crippen LogP contribution in [0.15, 0.2) is 0 Å². The van der Waals surface area contributed by atoms with Crippen molar-refractivity contribution in [3.63, 3.8) is 0 Å². The number of aliphatic hydroxyl groups excluding tert-OH is 4. The van der Waals surface area contributed by atoms with Gasteiger partial charge in [-0.1, -0.05) is 0 Å². The smallest absolute Gasteiger partial charge is 0.301 e. The second-order valence-corrected chi connectivity index (χ2v) is 5.80. The Morgan fingerprint density at radius 2 is 1.94 bits per heavy atom. The van der Waals surface area contributed by atoms with E-state index in [0.29, 0.717) is 6.26 Å². The average Bonchev–Trinajstić information content (AvgIpc) is 2.42. The molecule has 0 amide bonds. The second-order valence-electron chi connectivity index (χ2n) is 3.67.